The zero-order valence-electron chi connectivity index (χ0n) is 12.3. The quantitative estimate of drug-likeness (QED) is 0.826. The van der Waals surface area contributed by atoms with Crippen molar-refractivity contribution in [3.05, 3.63) is 0 Å². The predicted molar refractivity (Wildman–Crippen MR) is 77.0 cm³/mol. The van der Waals surface area contributed by atoms with Gasteiger partial charge in [-0.2, -0.15) is 17.0 Å². The van der Waals surface area contributed by atoms with Gasteiger partial charge < -0.3 is 5.73 Å². The molecule has 0 saturated carbocycles. The van der Waals surface area contributed by atoms with Gasteiger partial charge in [-0.25, -0.2) is 0 Å². The molecule has 0 aliphatic carbocycles. The lowest BCUT2D eigenvalue weighted by Gasteiger charge is -2.40. The van der Waals surface area contributed by atoms with Crippen molar-refractivity contribution in [2.75, 3.05) is 19.6 Å². The van der Waals surface area contributed by atoms with Gasteiger partial charge in [-0.15, -0.1) is 0 Å². The largest absolute Gasteiger partial charge is 0.369 e. The molecule has 6 nitrogen and oxygen atoms in total. The molecule has 116 valence electrons. The van der Waals surface area contributed by atoms with Gasteiger partial charge in [0, 0.05) is 25.7 Å². The molecule has 2 aliphatic heterocycles. The van der Waals surface area contributed by atoms with E-state index in [0.29, 0.717) is 31.8 Å². The minimum absolute atomic E-state index is 0.0622. The van der Waals surface area contributed by atoms with Crippen molar-refractivity contribution < 1.29 is 13.2 Å². The Bertz CT molecular complexity index is 465. The lowest BCUT2D eigenvalue weighted by atomic mass is 9.95. The van der Waals surface area contributed by atoms with Crippen LogP contribution in [0.15, 0.2) is 0 Å². The number of nitrogens with zero attached hydrogens (tertiary/aromatic N) is 2. The fraction of sp³-hybridized carbons (Fsp3) is 0.923. The molecule has 0 aromatic carbocycles. The van der Waals surface area contributed by atoms with E-state index in [1.54, 1.807) is 4.31 Å². The van der Waals surface area contributed by atoms with Gasteiger partial charge in [0.2, 0.25) is 5.91 Å². The Morgan fingerprint density at radius 3 is 2.45 bits per heavy atom. The number of carbonyl (C=O) groups excluding carboxylic acids is 1. The fourth-order valence-corrected chi connectivity index (χ4v) is 5.16. The molecule has 0 bridgehead atoms. The van der Waals surface area contributed by atoms with E-state index in [1.165, 1.54) is 4.31 Å². The average Bonchev–Trinajstić information content (AvgIpc) is 2.38. The van der Waals surface area contributed by atoms with Crippen LogP contribution in [0.2, 0.25) is 0 Å². The van der Waals surface area contributed by atoms with Crippen molar-refractivity contribution in [3.8, 4) is 0 Å². The Morgan fingerprint density at radius 2 is 1.85 bits per heavy atom. The van der Waals surface area contributed by atoms with Crippen LogP contribution in [0.1, 0.15) is 39.5 Å². The molecule has 2 heterocycles. The minimum Gasteiger partial charge on any atom is -0.369 e. The van der Waals surface area contributed by atoms with Crippen LogP contribution in [-0.4, -0.2) is 48.6 Å². The van der Waals surface area contributed by atoms with Gasteiger partial charge in [-0.05, 0) is 38.5 Å². The highest BCUT2D eigenvalue weighted by Crippen LogP contribution is 2.28. The number of amides is 1. The van der Waals surface area contributed by atoms with E-state index in [9.17, 15) is 13.2 Å². The third-order valence-corrected chi connectivity index (χ3v) is 6.56. The highest BCUT2D eigenvalue weighted by molar-refractivity contribution is 7.86. The molecule has 0 spiro atoms. The first-order chi connectivity index (χ1) is 9.32. The maximum Gasteiger partial charge on any atom is 0.282 e. The smallest absolute Gasteiger partial charge is 0.282 e. The molecule has 2 aliphatic rings. The van der Waals surface area contributed by atoms with Crippen LogP contribution in [0.5, 0.6) is 0 Å². The number of hydrogen-bond acceptors (Lipinski definition) is 3. The molecule has 2 rings (SSSR count). The van der Waals surface area contributed by atoms with Crippen LogP contribution >= 0.6 is 0 Å². The van der Waals surface area contributed by atoms with Gasteiger partial charge in [0.1, 0.15) is 0 Å². The van der Waals surface area contributed by atoms with Crippen LogP contribution in [0.4, 0.5) is 0 Å². The third-order valence-electron chi connectivity index (χ3n) is 4.47. The Morgan fingerprint density at radius 1 is 1.15 bits per heavy atom. The van der Waals surface area contributed by atoms with Crippen molar-refractivity contribution >= 4 is 16.1 Å². The summed E-state index contributed by atoms with van der Waals surface area (Å²) in [6, 6.07) is -0.0622. The molecule has 1 amide bonds. The van der Waals surface area contributed by atoms with Gasteiger partial charge in [0.25, 0.3) is 10.2 Å². The summed E-state index contributed by atoms with van der Waals surface area (Å²) in [5, 5.41) is 0. The Hall–Kier alpha value is -0.660. The van der Waals surface area contributed by atoms with Crippen molar-refractivity contribution in [3.63, 3.8) is 0 Å². The molecule has 7 heteroatoms. The van der Waals surface area contributed by atoms with Gasteiger partial charge in [0.15, 0.2) is 0 Å². The summed E-state index contributed by atoms with van der Waals surface area (Å²) in [5.41, 5.74) is 5.34. The number of rotatable bonds is 3. The molecule has 0 radical (unpaired) electrons. The number of nitrogens with two attached hydrogens (primary N) is 1. The first kappa shape index (κ1) is 15.7. The first-order valence-corrected chi connectivity index (χ1v) is 8.78. The highest BCUT2D eigenvalue weighted by Gasteiger charge is 2.39. The molecule has 2 N–H and O–H groups in total. The van der Waals surface area contributed by atoms with E-state index in [2.05, 4.69) is 6.92 Å². The second kappa shape index (κ2) is 5.99. The second-order valence-corrected chi connectivity index (χ2v) is 8.09. The molecule has 20 heavy (non-hydrogen) atoms. The van der Waals surface area contributed by atoms with Crippen molar-refractivity contribution in [1.29, 1.82) is 0 Å². The average molecular weight is 303 g/mol. The zero-order chi connectivity index (χ0) is 14.9. The number of carbonyl (C=O) groups is 1. The minimum atomic E-state index is -3.47. The second-order valence-electron chi connectivity index (χ2n) is 6.21. The summed E-state index contributed by atoms with van der Waals surface area (Å²) in [7, 11) is -3.47. The van der Waals surface area contributed by atoms with Gasteiger partial charge in [0.05, 0.1) is 5.92 Å². The van der Waals surface area contributed by atoms with Crippen LogP contribution < -0.4 is 5.73 Å². The van der Waals surface area contributed by atoms with Gasteiger partial charge >= 0.3 is 0 Å². The van der Waals surface area contributed by atoms with E-state index >= 15 is 0 Å². The fourth-order valence-electron chi connectivity index (χ4n) is 3.13. The highest BCUT2D eigenvalue weighted by atomic mass is 32.2. The SMILES string of the molecule is CC1CCCN(S(=O)(=O)N2CC(C(N)=O)CCC2C)C1. The van der Waals surface area contributed by atoms with Crippen molar-refractivity contribution in [2.24, 2.45) is 17.6 Å². The van der Waals surface area contributed by atoms with E-state index in [1.807, 2.05) is 6.92 Å². The predicted octanol–water partition coefficient (Wildman–Crippen LogP) is 0.549. The topological polar surface area (TPSA) is 83.7 Å². The zero-order valence-corrected chi connectivity index (χ0v) is 13.1. The lowest BCUT2D eigenvalue weighted by molar-refractivity contribution is -0.123. The summed E-state index contributed by atoms with van der Waals surface area (Å²) in [6.07, 6.45) is 3.35. The molecular formula is C13H25N3O3S. The Labute approximate surface area is 121 Å². The van der Waals surface area contributed by atoms with Crippen LogP contribution in [-0.2, 0) is 15.0 Å². The molecular weight excluding hydrogens is 278 g/mol. The van der Waals surface area contributed by atoms with E-state index < -0.39 is 16.1 Å². The Balaban J connectivity index is 2.16. The summed E-state index contributed by atoms with van der Waals surface area (Å²) in [6.45, 7) is 5.36. The number of hydrogen-bond donors (Lipinski definition) is 1. The van der Waals surface area contributed by atoms with Crippen LogP contribution in [0, 0.1) is 11.8 Å². The summed E-state index contributed by atoms with van der Waals surface area (Å²) in [5.74, 6) is -0.363. The molecule has 3 atom stereocenters. The van der Waals surface area contributed by atoms with Gasteiger partial charge in [-0.3, -0.25) is 4.79 Å². The molecule has 0 aromatic heterocycles. The summed E-state index contributed by atoms with van der Waals surface area (Å²) in [4.78, 5) is 11.3. The molecule has 2 saturated heterocycles. The van der Waals surface area contributed by atoms with Crippen molar-refractivity contribution in [2.45, 2.75) is 45.6 Å². The van der Waals surface area contributed by atoms with Crippen LogP contribution in [0.25, 0.3) is 0 Å². The Kier molecular flexibility index (Phi) is 4.71. The lowest BCUT2D eigenvalue weighted by Crippen LogP contribution is -2.55. The van der Waals surface area contributed by atoms with E-state index in [4.69, 9.17) is 5.73 Å². The maximum absolute atomic E-state index is 12.8. The normalized spacial score (nSPS) is 34.0. The van der Waals surface area contributed by atoms with E-state index in [-0.39, 0.29) is 18.5 Å². The maximum atomic E-state index is 12.8. The first-order valence-electron chi connectivity index (χ1n) is 7.38. The van der Waals surface area contributed by atoms with Crippen LogP contribution in [0.3, 0.4) is 0 Å². The third kappa shape index (κ3) is 3.15. The standard InChI is InChI=1S/C13H25N3O3S/c1-10-4-3-7-15(8-10)20(18,19)16-9-12(13(14)17)6-5-11(16)2/h10-12H,3-9H2,1-2H3,(H2,14,17). The number of piperidine rings is 2. The van der Waals surface area contributed by atoms with E-state index in [0.717, 1.165) is 12.8 Å². The molecule has 2 fully saturated rings. The summed E-state index contributed by atoms with van der Waals surface area (Å²) < 4.78 is 28.6. The molecule has 3 unspecified atom stereocenters. The summed E-state index contributed by atoms with van der Waals surface area (Å²) >= 11 is 0. The van der Waals surface area contributed by atoms with Gasteiger partial charge in [-0.1, -0.05) is 6.92 Å². The number of primary amides is 1. The van der Waals surface area contributed by atoms with Crippen molar-refractivity contribution in [1.82, 2.24) is 8.61 Å². The molecule has 0 aromatic rings. The monoisotopic (exact) mass is 303 g/mol.